The molecule has 1 rings (SSSR count). The van der Waals surface area contributed by atoms with Crippen LogP contribution in [-0.2, 0) is 0 Å². The second-order valence-electron chi connectivity index (χ2n) is 5.15. The molecule has 1 fully saturated rings. The summed E-state index contributed by atoms with van der Waals surface area (Å²) >= 11 is 0. The lowest BCUT2D eigenvalue weighted by atomic mass is 10.1. The van der Waals surface area contributed by atoms with Gasteiger partial charge in [0.1, 0.15) is 0 Å². The standard InChI is InChI=1S/C13H28N2/c1-5-7-14-9-13(6-2)15-10-11(3)8-12(15)4/h11-14H,5-10H2,1-4H3. The molecule has 1 N–H and O–H groups in total. The fourth-order valence-electron chi connectivity index (χ4n) is 2.78. The van der Waals surface area contributed by atoms with Gasteiger partial charge in [-0.1, -0.05) is 20.8 Å². The maximum Gasteiger partial charge on any atom is 0.0220 e. The fraction of sp³-hybridized carbons (Fsp3) is 1.00. The highest BCUT2D eigenvalue weighted by molar-refractivity contribution is 4.85. The highest BCUT2D eigenvalue weighted by Gasteiger charge is 2.30. The van der Waals surface area contributed by atoms with Gasteiger partial charge >= 0.3 is 0 Å². The zero-order valence-electron chi connectivity index (χ0n) is 10.9. The fourth-order valence-corrected chi connectivity index (χ4v) is 2.78. The molecule has 1 aliphatic heterocycles. The van der Waals surface area contributed by atoms with E-state index in [0.717, 1.165) is 24.5 Å². The molecule has 0 amide bonds. The second-order valence-corrected chi connectivity index (χ2v) is 5.15. The molecule has 1 heterocycles. The highest BCUT2D eigenvalue weighted by Crippen LogP contribution is 2.25. The minimum atomic E-state index is 0.747. The third-order valence-corrected chi connectivity index (χ3v) is 3.58. The molecular weight excluding hydrogens is 184 g/mol. The van der Waals surface area contributed by atoms with Crippen molar-refractivity contribution >= 4 is 0 Å². The summed E-state index contributed by atoms with van der Waals surface area (Å²) in [7, 11) is 0. The molecular formula is C13H28N2. The quantitative estimate of drug-likeness (QED) is 0.681. The number of hydrogen-bond acceptors (Lipinski definition) is 2. The monoisotopic (exact) mass is 212 g/mol. The predicted molar refractivity (Wildman–Crippen MR) is 67.2 cm³/mol. The van der Waals surface area contributed by atoms with Gasteiger partial charge in [0.25, 0.3) is 0 Å². The minimum absolute atomic E-state index is 0.747. The van der Waals surface area contributed by atoms with Gasteiger partial charge in [-0.25, -0.2) is 0 Å². The molecule has 2 nitrogen and oxygen atoms in total. The lowest BCUT2D eigenvalue weighted by Crippen LogP contribution is -2.44. The van der Waals surface area contributed by atoms with Gasteiger partial charge in [0.05, 0.1) is 0 Å². The third-order valence-electron chi connectivity index (χ3n) is 3.58. The van der Waals surface area contributed by atoms with Gasteiger partial charge < -0.3 is 5.32 Å². The first-order valence-electron chi connectivity index (χ1n) is 6.65. The second kappa shape index (κ2) is 6.49. The van der Waals surface area contributed by atoms with E-state index < -0.39 is 0 Å². The topological polar surface area (TPSA) is 15.3 Å². The zero-order chi connectivity index (χ0) is 11.3. The molecule has 90 valence electrons. The number of nitrogens with zero attached hydrogens (tertiary/aromatic N) is 1. The first-order valence-corrected chi connectivity index (χ1v) is 6.65. The van der Waals surface area contributed by atoms with E-state index in [1.54, 1.807) is 0 Å². The lowest BCUT2D eigenvalue weighted by molar-refractivity contribution is 0.178. The van der Waals surface area contributed by atoms with Crippen molar-refractivity contribution in [1.82, 2.24) is 10.2 Å². The van der Waals surface area contributed by atoms with Crippen LogP contribution in [0.15, 0.2) is 0 Å². The molecule has 0 aromatic rings. The molecule has 3 atom stereocenters. The number of rotatable bonds is 6. The van der Waals surface area contributed by atoms with Crippen LogP contribution in [0.4, 0.5) is 0 Å². The van der Waals surface area contributed by atoms with E-state index in [4.69, 9.17) is 0 Å². The summed E-state index contributed by atoms with van der Waals surface area (Å²) in [5, 5.41) is 3.56. The van der Waals surface area contributed by atoms with Crippen LogP contribution in [-0.4, -0.2) is 36.6 Å². The molecule has 15 heavy (non-hydrogen) atoms. The van der Waals surface area contributed by atoms with E-state index in [1.165, 1.54) is 32.4 Å². The summed E-state index contributed by atoms with van der Waals surface area (Å²) in [5.74, 6) is 0.889. The smallest absolute Gasteiger partial charge is 0.0220 e. The van der Waals surface area contributed by atoms with Gasteiger partial charge in [0.15, 0.2) is 0 Å². The van der Waals surface area contributed by atoms with E-state index in [9.17, 15) is 0 Å². The zero-order valence-corrected chi connectivity index (χ0v) is 10.9. The van der Waals surface area contributed by atoms with Gasteiger partial charge in [0.2, 0.25) is 0 Å². The van der Waals surface area contributed by atoms with Crippen molar-refractivity contribution in [3.05, 3.63) is 0 Å². The van der Waals surface area contributed by atoms with Crippen LogP contribution < -0.4 is 5.32 Å². The van der Waals surface area contributed by atoms with Gasteiger partial charge in [-0.3, -0.25) is 4.90 Å². The Hall–Kier alpha value is -0.0800. The van der Waals surface area contributed by atoms with Gasteiger partial charge in [-0.2, -0.15) is 0 Å². The third kappa shape index (κ3) is 3.76. The van der Waals surface area contributed by atoms with E-state index >= 15 is 0 Å². The number of likely N-dealkylation sites (tertiary alicyclic amines) is 1. The minimum Gasteiger partial charge on any atom is -0.315 e. The summed E-state index contributed by atoms with van der Waals surface area (Å²) < 4.78 is 0. The summed E-state index contributed by atoms with van der Waals surface area (Å²) in [6.45, 7) is 12.9. The van der Waals surface area contributed by atoms with E-state index in [0.29, 0.717) is 0 Å². The van der Waals surface area contributed by atoms with Crippen molar-refractivity contribution in [3.8, 4) is 0 Å². The Kier molecular flexibility index (Phi) is 5.62. The van der Waals surface area contributed by atoms with Crippen LogP contribution in [0.25, 0.3) is 0 Å². The molecule has 0 aromatic carbocycles. The first-order chi connectivity index (χ1) is 7.19. The van der Waals surface area contributed by atoms with Crippen LogP contribution in [0.5, 0.6) is 0 Å². The predicted octanol–water partition coefficient (Wildman–Crippen LogP) is 2.49. The lowest BCUT2D eigenvalue weighted by Gasteiger charge is -2.31. The summed E-state index contributed by atoms with van der Waals surface area (Å²) in [6, 6.07) is 1.53. The van der Waals surface area contributed by atoms with Gasteiger partial charge in [-0.05, 0) is 38.6 Å². The first kappa shape index (κ1) is 13.0. The van der Waals surface area contributed by atoms with Crippen LogP contribution in [0.2, 0.25) is 0 Å². The molecule has 0 radical (unpaired) electrons. The maximum atomic E-state index is 3.56. The van der Waals surface area contributed by atoms with E-state index in [2.05, 4.69) is 37.9 Å². The van der Waals surface area contributed by atoms with Crippen LogP contribution >= 0.6 is 0 Å². The molecule has 0 saturated carbocycles. The van der Waals surface area contributed by atoms with Crippen molar-refractivity contribution in [1.29, 1.82) is 0 Å². The Morgan fingerprint density at radius 2 is 2.07 bits per heavy atom. The molecule has 0 aliphatic carbocycles. The van der Waals surface area contributed by atoms with E-state index in [-0.39, 0.29) is 0 Å². The molecule has 3 unspecified atom stereocenters. The Morgan fingerprint density at radius 3 is 2.53 bits per heavy atom. The van der Waals surface area contributed by atoms with Crippen LogP contribution in [0.3, 0.4) is 0 Å². The number of nitrogens with one attached hydrogen (secondary N) is 1. The molecule has 1 aliphatic rings. The van der Waals surface area contributed by atoms with Crippen molar-refractivity contribution in [3.63, 3.8) is 0 Å². The van der Waals surface area contributed by atoms with Gasteiger partial charge in [-0.15, -0.1) is 0 Å². The molecule has 1 saturated heterocycles. The average Bonchev–Trinajstić information content (AvgIpc) is 2.53. The molecule has 2 heteroatoms. The largest absolute Gasteiger partial charge is 0.315 e. The maximum absolute atomic E-state index is 3.56. The van der Waals surface area contributed by atoms with Crippen molar-refractivity contribution in [2.45, 2.75) is 59.0 Å². The van der Waals surface area contributed by atoms with E-state index in [1.807, 2.05) is 0 Å². The highest BCUT2D eigenvalue weighted by atomic mass is 15.2. The normalized spacial score (nSPS) is 29.6. The van der Waals surface area contributed by atoms with Gasteiger partial charge in [0, 0.05) is 25.2 Å². The Labute approximate surface area is 95.4 Å². The summed E-state index contributed by atoms with van der Waals surface area (Å²) in [6.07, 6.45) is 3.89. The Bertz CT molecular complexity index is 170. The summed E-state index contributed by atoms with van der Waals surface area (Å²) in [5.41, 5.74) is 0. The van der Waals surface area contributed by atoms with Crippen LogP contribution in [0, 0.1) is 5.92 Å². The molecule has 0 bridgehead atoms. The summed E-state index contributed by atoms with van der Waals surface area (Å²) in [4.78, 5) is 2.70. The Morgan fingerprint density at radius 1 is 1.33 bits per heavy atom. The molecule has 0 aromatic heterocycles. The number of hydrogen-bond donors (Lipinski definition) is 1. The molecule has 0 spiro atoms. The SMILES string of the molecule is CCCNCC(CC)N1CC(C)CC1C. The van der Waals surface area contributed by atoms with Crippen molar-refractivity contribution in [2.75, 3.05) is 19.6 Å². The van der Waals surface area contributed by atoms with Crippen LogP contribution in [0.1, 0.15) is 47.0 Å². The average molecular weight is 212 g/mol. The Balaban J connectivity index is 2.36. The van der Waals surface area contributed by atoms with Crippen molar-refractivity contribution < 1.29 is 0 Å². The van der Waals surface area contributed by atoms with Crippen molar-refractivity contribution in [2.24, 2.45) is 5.92 Å².